The summed E-state index contributed by atoms with van der Waals surface area (Å²) in [5.74, 6) is 0.917. The molecule has 5 heteroatoms. The van der Waals surface area contributed by atoms with Gasteiger partial charge in [-0.05, 0) is 74.0 Å². The largest absolute Gasteiger partial charge is 0.318 e. The van der Waals surface area contributed by atoms with Crippen LogP contribution in [0.25, 0.3) is 33.5 Å². The third kappa shape index (κ3) is 3.04. The summed E-state index contributed by atoms with van der Waals surface area (Å²) in [6.07, 6.45) is 0.0724. The molecule has 39 heavy (non-hydrogen) atoms. The van der Waals surface area contributed by atoms with E-state index in [1.54, 1.807) is 0 Å². The molecule has 0 radical (unpaired) electrons. The van der Waals surface area contributed by atoms with Gasteiger partial charge in [0.25, 0.3) is 0 Å². The Balaban J connectivity index is 1.49. The van der Waals surface area contributed by atoms with Gasteiger partial charge in [-0.15, -0.1) is 0 Å². The number of aromatic nitrogens is 3. The third-order valence-electron chi connectivity index (χ3n) is 8.00. The van der Waals surface area contributed by atoms with Gasteiger partial charge >= 0.3 is 0 Å². The normalized spacial score (nSPS) is 15.1. The lowest BCUT2D eigenvalue weighted by molar-refractivity contribution is 0.760. The molecular formula is C34H27N5. The Labute approximate surface area is 226 Å². The summed E-state index contributed by atoms with van der Waals surface area (Å²) in [6.45, 7) is 4.46. The number of rotatable bonds is 3. The Kier molecular flexibility index (Phi) is 4.65. The smallest absolute Gasteiger partial charge is 0.220 e. The Hall–Kier alpha value is -5.03. The first-order valence-electron chi connectivity index (χ1n) is 13.4. The summed E-state index contributed by atoms with van der Waals surface area (Å²) < 4.78 is 4.58. The number of imidazole rings is 2. The van der Waals surface area contributed by atoms with Crippen LogP contribution in [0.2, 0.25) is 0 Å². The van der Waals surface area contributed by atoms with Gasteiger partial charge in [0.1, 0.15) is 11.7 Å². The van der Waals surface area contributed by atoms with Crippen molar-refractivity contribution in [3.05, 3.63) is 127 Å². The number of benzene rings is 5. The zero-order valence-corrected chi connectivity index (χ0v) is 21.9. The minimum Gasteiger partial charge on any atom is -0.318 e. The highest BCUT2D eigenvalue weighted by Gasteiger charge is 2.38. The highest BCUT2D eigenvalue weighted by molar-refractivity contribution is 6.06. The average Bonchev–Trinajstić information content (AvgIpc) is 3.60. The zero-order chi connectivity index (χ0) is 26.1. The first kappa shape index (κ1) is 22.0. The van der Waals surface area contributed by atoms with E-state index in [0.29, 0.717) is 0 Å². The summed E-state index contributed by atoms with van der Waals surface area (Å²) in [5, 5.41) is 0. The summed E-state index contributed by atoms with van der Waals surface area (Å²) in [6, 6.07) is 42.9. The van der Waals surface area contributed by atoms with Crippen molar-refractivity contribution in [2.45, 2.75) is 20.0 Å². The lowest BCUT2D eigenvalue weighted by atomic mass is 10.1. The molecule has 3 heterocycles. The van der Waals surface area contributed by atoms with Crippen LogP contribution in [-0.2, 0) is 0 Å². The monoisotopic (exact) mass is 505 g/mol. The molecule has 8 rings (SSSR count). The van der Waals surface area contributed by atoms with E-state index in [9.17, 15) is 0 Å². The molecule has 0 saturated carbocycles. The number of hydrogen-bond donors (Lipinski definition) is 0. The molecule has 1 aliphatic rings. The van der Waals surface area contributed by atoms with Gasteiger partial charge < -0.3 is 9.80 Å². The molecule has 5 aromatic carbocycles. The fraction of sp³-hybridized carbons (Fsp3) is 0.0882. The van der Waals surface area contributed by atoms with Crippen LogP contribution in [0.15, 0.2) is 121 Å². The van der Waals surface area contributed by atoms with E-state index >= 15 is 0 Å². The molecule has 0 unspecified atom stereocenters. The van der Waals surface area contributed by atoms with Crippen molar-refractivity contribution in [1.82, 2.24) is 14.0 Å². The lowest BCUT2D eigenvalue weighted by Gasteiger charge is -2.31. The molecule has 1 aliphatic heterocycles. The highest BCUT2D eigenvalue weighted by atomic mass is 15.4. The second-order valence-electron chi connectivity index (χ2n) is 10.2. The molecule has 0 fully saturated rings. The van der Waals surface area contributed by atoms with Crippen molar-refractivity contribution >= 4 is 50.6 Å². The number of aryl methyl sites for hydroxylation is 1. The van der Waals surface area contributed by atoms with Gasteiger partial charge in [-0.2, -0.15) is 0 Å². The molecule has 7 aromatic rings. The minimum absolute atomic E-state index is 0.0724. The van der Waals surface area contributed by atoms with Crippen molar-refractivity contribution in [3.8, 4) is 5.69 Å². The predicted octanol–water partition coefficient (Wildman–Crippen LogP) is 8.38. The van der Waals surface area contributed by atoms with Crippen LogP contribution < -0.4 is 9.80 Å². The van der Waals surface area contributed by atoms with Crippen LogP contribution in [0.1, 0.15) is 12.5 Å². The highest BCUT2D eigenvalue weighted by Crippen LogP contribution is 2.51. The molecule has 5 nitrogen and oxygen atoms in total. The van der Waals surface area contributed by atoms with E-state index in [2.05, 4.69) is 154 Å². The van der Waals surface area contributed by atoms with Gasteiger partial charge in [-0.25, -0.2) is 4.98 Å². The standard InChI is InChI=1S/C34H27N5/c1-23-13-9-10-18-27(23)37-24(2)36(25-14-5-3-6-15-25)33-31(37)22-21-30-32(33)35-34-38(26-16-7-4-8-17-26)28-19-11-12-20-29(28)39(30)34/h3-22,24H,1-2H3/t24-/m0/s1. The summed E-state index contributed by atoms with van der Waals surface area (Å²) in [7, 11) is 0. The van der Waals surface area contributed by atoms with Crippen LogP contribution in [0.5, 0.6) is 0 Å². The summed E-state index contributed by atoms with van der Waals surface area (Å²) >= 11 is 0. The number of fused-ring (bicyclic) bond motifs is 7. The Morgan fingerprint density at radius 3 is 1.95 bits per heavy atom. The van der Waals surface area contributed by atoms with Gasteiger partial charge in [0.05, 0.1) is 27.9 Å². The quantitative estimate of drug-likeness (QED) is 0.241. The number of para-hydroxylation sites is 5. The first-order chi connectivity index (χ1) is 19.2. The number of hydrogen-bond acceptors (Lipinski definition) is 3. The van der Waals surface area contributed by atoms with Gasteiger partial charge in [0.2, 0.25) is 5.78 Å². The molecule has 0 amide bonds. The van der Waals surface area contributed by atoms with Crippen molar-refractivity contribution in [3.63, 3.8) is 0 Å². The van der Waals surface area contributed by atoms with E-state index in [-0.39, 0.29) is 6.17 Å². The van der Waals surface area contributed by atoms with Crippen molar-refractivity contribution in [2.24, 2.45) is 0 Å². The van der Waals surface area contributed by atoms with Crippen LogP contribution in [0, 0.1) is 6.92 Å². The Morgan fingerprint density at radius 2 is 1.21 bits per heavy atom. The maximum Gasteiger partial charge on any atom is 0.220 e. The van der Waals surface area contributed by atoms with E-state index in [1.807, 2.05) is 0 Å². The molecule has 0 N–H and O–H groups in total. The molecule has 188 valence electrons. The summed E-state index contributed by atoms with van der Waals surface area (Å²) in [5.41, 5.74) is 11.4. The number of anilines is 4. The molecule has 0 aliphatic carbocycles. The first-order valence-corrected chi connectivity index (χ1v) is 13.4. The maximum absolute atomic E-state index is 5.42. The second-order valence-corrected chi connectivity index (χ2v) is 10.2. The molecule has 1 atom stereocenters. The average molecular weight is 506 g/mol. The Morgan fingerprint density at radius 1 is 0.564 bits per heavy atom. The fourth-order valence-corrected chi connectivity index (χ4v) is 6.31. The molecule has 2 aromatic heterocycles. The van der Waals surface area contributed by atoms with E-state index in [1.165, 1.54) is 16.9 Å². The topological polar surface area (TPSA) is 28.7 Å². The van der Waals surface area contributed by atoms with E-state index < -0.39 is 0 Å². The second kappa shape index (κ2) is 8.23. The maximum atomic E-state index is 5.42. The van der Waals surface area contributed by atoms with Gasteiger partial charge in [-0.1, -0.05) is 66.7 Å². The van der Waals surface area contributed by atoms with Crippen LogP contribution in [-0.4, -0.2) is 20.1 Å². The predicted molar refractivity (Wildman–Crippen MR) is 161 cm³/mol. The van der Waals surface area contributed by atoms with E-state index in [4.69, 9.17) is 4.98 Å². The third-order valence-corrected chi connectivity index (χ3v) is 8.00. The summed E-state index contributed by atoms with van der Waals surface area (Å²) in [4.78, 5) is 10.3. The Bertz CT molecular complexity index is 2000. The van der Waals surface area contributed by atoms with Gasteiger partial charge in [-0.3, -0.25) is 8.97 Å². The lowest BCUT2D eigenvalue weighted by Crippen LogP contribution is -2.35. The van der Waals surface area contributed by atoms with Gasteiger partial charge in [0, 0.05) is 17.1 Å². The molecule has 0 spiro atoms. The van der Waals surface area contributed by atoms with Crippen LogP contribution >= 0.6 is 0 Å². The minimum atomic E-state index is 0.0724. The molecule has 0 saturated heterocycles. The molecule has 0 bridgehead atoms. The van der Waals surface area contributed by atoms with Crippen LogP contribution in [0.4, 0.5) is 22.7 Å². The number of nitrogens with zero attached hydrogens (tertiary/aromatic N) is 5. The SMILES string of the molecule is Cc1ccccc1N1c2ccc3c(nc4n(-c5ccccc5)c5ccccc5n34)c2N(c2ccccc2)[C@@H]1C. The van der Waals surface area contributed by atoms with Crippen LogP contribution in [0.3, 0.4) is 0 Å². The van der Waals surface area contributed by atoms with Crippen molar-refractivity contribution in [2.75, 3.05) is 9.80 Å². The van der Waals surface area contributed by atoms with Crippen molar-refractivity contribution in [1.29, 1.82) is 0 Å². The fourth-order valence-electron chi connectivity index (χ4n) is 6.31. The van der Waals surface area contributed by atoms with Gasteiger partial charge in [0.15, 0.2) is 0 Å². The molecular weight excluding hydrogens is 478 g/mol. The van der Waals surface area contributed by atoms with E-state index in [0.717, 1.165) is 44.9 Å². The zero-order valence-electron chi connectivity index (χ0n) is 21.9. The van der Waals surface area contributed by atoms with Crippen molar-refractivity contribution < 1.29 is 0 Å².